The van der Waals surface area contributed by atoms with E-state index in [1.54, 1.807) is 0 Å². The average Bonchev–Trinajstić information content (AvgIpc) is 2.33. The Morgan fingerprint density at radius 2 is 1.61 bits per heavy atom. The van der Waals surface area contributed by atoms with E-state index in [9.17, 15) is 0 Å². The van der Waals surface area contributed by atoms with E-state index in [-0.39, 0.29) is 0 Å². The summed E-state index contributed by atoms with van der Waals surface area (Å²) in [6.07, 6.45) is 9.82. The minimum Gasteiger partial charge on any atom is -0.307 e. The molecule has 18 heavy (non-hydrogen) atoms. The molecule has 0 unspecified atom stereocenters. The molecule has 1 aliphatic carbocycles. The highest BCUT2D eigenvalue weighted by Gasteiger charge is 2.15. The largest absolute Gasteiger partial charge is 0.307 e. The molecule has 1 aromatic carbocycles. The second-order valence-corrected chi connectivity index (χ2v) is 5.79. The van der Waals surface area contributed by atoms with Crippen LogP contribution in [0.15, 0.2) is 24.3 Å². The van der Waals surface area contributed by atoms with Crippen LogP contribution in [0.25, 0.3) is 0 Å². The summed E-state index contributed by atoms with van der Waals surface area (Å²) in [6.45, 7) is 4.52. The summed E-state index contributed by atoms with van der Waals surface area (Å²) in [6, 6.07) is 9.96. The highest BCUT2D eigenvalue weighted by atomic mass is 14.9. The van der Waals surface area contributed by atoms with Gasteiger partial charge in [-0.2, -0.15) is 0 Å². The first-order valence-electron chi connectivity index (χ1n) is 7.59. The zero-order chi connectivity index (χ0) is 12.8. The average molecular weight is 245 g/mol. The molecule has 0 bridgehead atoms. The van der Waals surface area contributed by atoms with Gasteiger partial charge >= 0.3 is 0 Å². The van der Waals surface area contributed by atoms with Crippen LogP contribution in [0, 0.1) is 6.92 Å². The molecule has 1 atom stereocenters. The molecule has 1 heteroatoms. The monoisotopic (exact) mass is 245 g/mol. The van der Waals surface area contributed by atoms with Gasteiger partial charge in [0.15, 0.2) is 0 Å². The number of hydrogen-bond donors (Lipinski definition) is 1. The van der Waals surface area contributed by atoms with Gasteiger partial charge in [0.25, 0.3) is 0 Å². The fourth-order valence-electron chi connectivity index (χ4n) is 3.14. The third-order valence-corrected chi connectivity index (χ3v) is 4.25. The molecule has 0 radical (unpaired) electrons. The standard InChI is InChI=1S/C17H27N/c1-14-10-8-9-13-17(14)15(2)18-16-11-6-4-3-5-7-12-16/h8-10,13,15-16,18H,3-7,11-12H2,1-2H3/t15-/m1/s1. The first kappa shape index (κ1) is 13.6. The molecule has 0 spiro atoms. The van der Waals surface area contributed by atoms with Gasteiger partial charge in [0, 0.05) is 12.1 Å². The molecular formula is C17H27N. The van der Waals surface area contributed by atoms with E-state index in [4.69, 9.17) is 0 Å². The van der Waals surface area contributed by atoms with Crippen molar-refractivity contribution in [2.45, 2.75) is 70.9 Å². The predicted octanol–water partition coefficient (Wildman–Crippen LogP) is 4.76. The van der Waals surface area contributed by atoms with Crippen LogP contribution in [-0.2, 0) is 0 Å². The third kappa shape index (κ3) is 3.84. The van der Waals surface area contributed by atoms with Crippen LogP contribution in [0.1, 0.15) is 69.0 Å². The molecule has 1 aromatic rings. The van der Waals surface area contributed by atoms with Crippen molar-refractivity contribution in [3.63, 3.8) is 0 Å². The Bertz CT molecular complexity index is 350. The Balaban J connectivity index is 1.93. The Kier molecular flexibility index (Phi) is 5.25. The van der Waals surface area contributed by atoms with E-state index in [0.717, 1.165) is 6.04 Å². The summed E-state index contributed by atoms with van der Waals surface area (Å²) < 4.78 is 0. The van der Waals surface area contributed by atoms with Crippen LogP contribution in [0.3, 0.4) is 0 Å². The van der Waals surface area contributed by atoms with E-state index >= 15 is 0 Å². The normalized spacial score (nSPS) is 20.1. The fraction of sp³-hybridized carbons (Fsp3) is 0.647. The maximum atomic E-state index is 3.84. The van der Waals surface area contributed by atoms with Gasteiger partial charge in [-0.05, 0) is 37.8 Å². The predicted molar refractivity (Wildman–Crippen MR) is 78.8 cm³/mol. The van der Waals surface area contributed by atoms with Gasteiger partial charge in [-0.25, -0.2) is 0 Å². The topological polar surface area (TPSA) is 12.0 Å². The van der Waals surface area contributed by atoms with Crippen molar-refractivity contribution in [2.24, 2.45) is 0 Å². The molecule has 0 heterocycles. The number of benzene rings is 1. The highest BCUT2D eigenvalue weighted by molar-refractivity contribution is 5.28. The van der Waals surface area contributed by atoms with Crippen LogP contribution >= 0.6 is 0 Å². The molecule has 1 nitrogen and oxygen atoms in total. The summed E-state index contributed by atoms with van der Waals surface area (Å²) in [5.74, 6) is 0. The smallest absolute Gasteiger partial charge is 0.0296 e. The van der Waals surface area contributed by atoms with Crippen molar-refractivity contribution in [3.05, 3.63) is 35.4 Å². The maximum absolute atomic E-state index is 3.84. The molecule has 1 N–H and O–H groups in total. The Labute approximate surface area is 112 Å². The lowest BCUT2D eigenvalue weighted by Gasteiger charge is -2.26. The van der Waals surface area contributed by atoms with Crippen molar-refractivity contribution >= 4 is 0 Å². The quantitative estimate of drug-likeness (QED) is 0.809. The SMILES string of the molecule is Cc1ccccc1[C@@H](C)NC1CCCCCCC1. The molecular weight excluding hydrogens is 218 g/mol. The zero-order valence-corrected chi connectivity index (χ0v) is 11.9. The van der Waals surface area contributed by atoms with Gasteiger partial charge in [-0.15, -0.1) is 0 Å². The Hall–Kier alpha value is -0.820. The molecule has 2 rings (SSSR count). The van der Waals surface area contributed by atoms with Gasteiger partial charge in [0.05, 0.1) is 0 Å². The van der Waals surface area contributed by atoms with Gasteiger partial charge in [0.2, 0.25) is 0 Å². The van der Waals surface area contributed by atoms with Crippen LogP contribution < -0.4 is 5.32 Å². The van der Waals surface area contributed by atoms with Crippen molar-refractivity contribution < 1.29 is 0 Å². The minimum atomic E-state index is 0.482. The van der Waals surface area contributed by atoms with Crippen LogP contribution in [0.5, 0.6) is 0 Å². The minimum absolute atomic E-state index is 0.482. The third-order valence-electron chi connectivity index (χ3n) is 4.25. The van der Waals surface area contributed by atoms with Gasteiger partial charge < -0.3 is 5.32 Å². The molecule has 100 valence electrons. The Morgan fingerprint density at radius 3 is 2.28 bits per heavy atom. The van der Waals surface area contributed by atoms with E-state index in [0.29, 0.717) is 6.04 Å². The van der Waals surface area contributed by atoms with Gasteiger partial charge in [-0.1, -0.05) is 56.4 Å². The van der Waals surface area contributed by atoms with E-state index in [2.05, 4.69) is 43.4 Å². The summed E-state index contributed by atoms with van der Waals surface area (Å²) in [5, 5.41) is 3.84. The second kappa shape index (κ2) is 6.94. The summed E-state index contributed by atoms with van der Waals surface area (Å²) in [4.78, 5) is 0. The van der Waals surface area contributed by atoms with E-state index in [1.165, 1.54) is 56.1 Å². The molecule has 0 aliphatic heterocycles. The van der Waals surface area contributed by atoms with Crippen molar-refractivity contribution in [1.29, 1.82) is 0 Å². The van der Waals surface area contributed by atoms with Crippen LogP contribution in [0.4, 0.5) is 0 Å². The first-order valence-corrected chi connectivity index (χ1v) is 7.59. The lowest BCUT2D eigenvalue weighted by atomic mass is 9.95. The fourth-order valence-corrected chi connectivity index (χ4v) is 3.14. The lowest BCUT2D eigenvalue weighted by Crippen LogP contribution is -2.32. The molecule has 1 aliphatic rings. The summed E-state index contributed by atoms with van der Waals surface area (Å²) in [7, 11) is 0. The molecule has 1 fully saturated rings. The molecule has 1 saturated carbocycles. The Morgan fingerprint density at radius 1 is 1.00 bits per heavy atom. The maximum Gasteiger partial charge on any atom is 0.0296 e. The number of hydrogen-bond acceptors (Lipinski definition) is 1. The van der Waals surface area contributed by atoms with Crippen molar-refractivity contribution in [2.75, 3.05) is 0 Å². The first-order chi connectivity index (χ1) is 8.77. The van der Waals surface area contributed by atoms with Gasteiger partial charge in [0.1, 0.15) is 0 Å². The second-order valence-electron chi connectivity index (χ2n) is 5.79. The number of nitrogens with one attached hydrogen (secondary N) is 1. The molecule has 0 saturated heterocycles. The van der Waals surface area contributed by atoms with Crippen LogP contribution in [0.2, 0.25) is 0 Å². The van der Waals surface area contributed by atoms with Crippen molar-refractivity contribution in [1.82, 2.24) is 5.32 Å². The van der Waals surface area contributed by atoms with Crippen molar-refractivity contribution in [3.8, 4) is 0 Å². The molecule has 0 amide bonds. The number of aryl methyl sites for hydroxylation is 1. The summed E-state index contributed by atoms with van der Waals surface area (Å²) in [5.41, 5.74) is 2.86. The number of rotatable bonds is 3. The van der Waals surface area contributed by atoms with Gasteiger partial charge in [-0.3, -0.25) is 0 Å². The van der Waals surface area contributed by atoms with E-state index < -0.39 is 0 Å². The lowest BCUT2D eigenvalue weighted by molar-refractivity contribution is 0.362. The van der Waals surface area contributed by atoms with E-state index in [1.807, 2.05) is 0 Å². The van der Waals surface area contributed by atoms with Crippen LogP contribution in [-0.4, -0.2) is 6.04 Å². The zero-order valence-electron chi connectivity index (χ0n) is 11.9. The molecule has 0 aromatic heterocycles. The summed E-state index contributed by atoms with van der Waals surface area (Å²) >= 11 is 0. The highest BCUT2D eigenvalue weighted by Crippen LogP contribution is 2.22.